The predicted molar refractivity (Wildman–Crippen MR) is 85.8 cm³/mol. The summed E-state index contributed by atoms with van der Waals surface area (Å²) in [4.78, 5) is 25.1. The van der Waals surface area contributed by atoms with Crippen LogP contribution in [0.5, 0.6) is 0 Å². The van der Waals surface area contributed by atoms with Gasteiger partial charge in [-0.3, -0.25) is 14.5 Å². The van der Waals surface area contributed by atoms with Crippen molar-refractivity contribution in [3.63, 3.8) is 0 Å². The molecule has 2 fully saturated rings. The Morgan fingerprint density at radius 3 is 2.26 bits per heavy atom. The summed E-state index contributed by atoms with van der Waals surface area (Å²) >= 11 is 0. The number of carboxylic acids is 1. The molecule has 2 rings (SSSR count). The van der Waals surface area contributed by atoms with Crippen molar-refractivity contribution in [2.24, 2.45) is 5.92 Å². The summed E-state index contributed by atoms with van der Waals surface area (Å²) in [6.45, 7) is 3.62. The number of aliphatic carboxylic acids is 1. The topological polar surface area (TPSA) is 104 Å². The van der Waals surface area contributed by atoms with E-state index in [1.165, 1.54) is 13.8 Å². The Labute approximate surface area is 137 Å². The molecule has 0 spiro atoms. The Morgan fingerprint density at radius 1 is 1.26 bits per heavy atom. The van der Waals surface area contributed by atoms with E-state index in [1.54, 1.807) is 0 Å². The average Bonchev–Trinajstić information content (AvgIpc) is 3.13. The van der Waals surface area contributed by atoms with Crippen LogP contribution < -0.4 is 5.32 Å². The summed E-state index contributed by atoms with van der Waals surface area (Å²) in [5.74, 6) is -0.723. The van der Waals surface area contributed by atoms with Gasteiger partial charge in [0.25, 0.3) is 0 Å². The number of hydrogen-bond donors (Lipinski definition) is 2. The summed E-state index contributed by atoms with van der Waals surface area (Å²) in [7, 11) is -3.48. The van der Waals surface area contributed by atoms with Crippen molar-refractivity contribution in [2.75, 3.05) is 19.3 Å². The van der Waals surface area contributed by atoms with Gasteiger partial charge in [-0.2, -0.15) is 0 Å². The van der Waals surface area contributed by atoms with Crippen molar-refractivity contribution < 1.29 is 23.1 Å². The van der Waals surface area contributed by atoms with Gasteiger partial charge in [-0.1, -0.05) is 0 Å². The Balaban J connectivity index is 1.85. The molecule has 23 heavy (non-hydrogen) atoms. The van der Waals surface area contributed by atoms with E-state index in [0.29, 0.717) is 18.8 Å². The van der Waals surface area contributed by atoms with Crippen molar-refractivity contribution in [1.82, 2.24) is 10.2 Å². The molecule has 0 heterocycles. The van der Waals surface area contributed by atoms with Crippen LogP contribution in [0.15, 0.2) is 0 Å². The van der Waals surface area contributed by atoms with Gasteiger partial charge in [0.1, 0.15) is 4.75 Å². The fourth-order valence-electron chi connectivity index (χ4n) is 2.68. The first kappa shape index (κ1) is 18.2. The molecule has 2 aliphatic carbocycles. The van der Waals surface area contributed by atoms with E-state index >= 15 is 0 Å². The van der Waals surface area contributed by atoms with Gasteiger partial charge in [-0.15, -0.1) is 0 Å². The zero-order valence-corrected chi connectivity index (χ0v) is 14.7. The molecule has 0 bridgehead atoms. The lowest BCUT2D eigenvalue weighted by atomic mass is 9.85. The molecule has 0 saturated heterocycles. The lowest BCUT2D eigenvalue weighted by Crippen LogP contribution is -2.59. The number of carbonyl (C=O) groups is 2. The lowest BCUT2D eigenvalue weighted by Gasteiger charge is -2.43. The van der Waals surface area contributed by atoms with Crippen LogP contribution in [0.2, 0.25) is 0 Å². The maximum absolute atomic E-state index is 12.2. The maximum Gasteiger partial charge on any atom is 0.317 e. The van der Waals surface area contributed by atoms with Crippen LogP contribution in [0.3, 0.4) is 0 Å². The quantitative estimate of drug-likeness (QED) is 0.653. The van der Waals surface area contributed by atoms with E-state index in [0.717, 1.165) is 25.6 Å². The number of carbonyl (C=O) groups excluding carboxylic acids is 1. The lowest BCUT2D eigenvalue weighted by molar-refractivity contribution is -0.140. The predicted octanol–water partition coefficient (Wildman–Crippen LogP) is 0.253. The number of carboxylic acid groups (broad SMARTS) is 1. The number of amides is 1. The van der Waals surface area contributed by atoms with Crippen LogP contribution in [-0.2, 0) is 19.4 Å². The van der Waals surface area contributed by atoms with Crippen molar-refractivity contribution >= 4 is 21.7 Å². The highest BCUT2D eigenvalue weighted by Crippen LogP contribution is 2.34. The molecule has 8 heteroatoms. The fraction of sp³-hybridized carbons (Fsp3) is 0.867. The Kier molecular flexibility index (Phi) is 5.06. The van der Waals surface area contributed by atoms with Gasteiger partial charge in [-0.05, 0) is 45.4 Å². The smallest absolute Gasteiger partial charge is 0.317 e. The summed E-state index contributed by atoms with van der Waals surface area (Å²) in [5.41, 5.74) is 0. The molecule has 0 radical (unpaired) electrons. The summed E-state index contributed by atoms with van der Waals surface area (Å²) in [6.07, 6.45) is 4.72. The molecule has 1 amide bonds. The van der Waals surface area contributed by atoms with E-state index in [9.17, 15) is 18.0 Å². The molecule has 0 aromatic carbocycles. The molecule has 2 N–H and O–H groups in total. The Morgan fingerprint density at radius 2 is 1.83 bits per heavy atom. The van der Waals surface area contributed by atoms with E-state index in [4.69, 9.17) is 5.11 Å². The monoisotopic (exact) mass is 346 g/mol. The molecule has 0 unspecified atom stereocenters. The largest absolute Gasteiger partial charge is 0.480 e. The van der Waals surface area contributed by atoms with Crippen LogP contribution >= 0.6 is 0 Å². The van der Waals surface area contributed by atoms with E-state index in [2.05, 4.69) is 5.32 Å². The van der Waals surface area contributed by atoms with Crippen LogP contribution in [-0.4, -0.2) is 66.5 Å². The minimum atomic E-state index is -3.48. The van der Waals surface area contributed by atoms with Crippen molar-refractivity contribution in [2.45, 2.75) is 56.4 Å². The van der Waals surface area contributed by atoms with Gasteiger partial charge in [0.15, 0.2) is 9.84 Å². The Hall–Kier alpha value is -1.15. The maximum atomic E-state index is 12.2. The highest BCUT2D eigenvalue weighted by atomic mass is 32.2. The van der Waals surface area contributed by atoms with Gasteiger partial charge in [0.05, 0.1) is 6.54 Å². The molecule has 2 aliphatic rings. The molecule has 2 saturated carbocycles. The second-order valence-corrected chi connectivity index (χ2v) is 9.91. The third kappa shape index (κ3) is 4.44. The summed E-state index contributed by atoms with van der Waals surface area (Å²) in [5, 5.41) is 11.8. The molecule has 0 aromatic rings. The van der Waals surface area contributed by atoms with Gasteiger partial charge >= 0.3 is 5.97 Å². The van der Waals surface area contributed by atoms with Gasteiger partial charge in [-0.25, -0.2) is 8.42 Å². The SMILES string of the molecule is CC(C)(C(=O)NC1CC(N(CC(=O)O)CC2CC2)C1)S(C)(=O)=O. The van der Waals surface area contributed by atoms with Crippen LogP contribution in [0.4, 0.5) is 0 Å². The zero-order valence-electron chi connectivity index (χ0n) is 13.9. The summed E-state index contributed by atoms with van der Waals surface area (Å²) in [6, 6.07) is 0.0716. The zero-order chi connectivity index (χ0) is 17.4. The normalized spacial score (nSPS) is 25.0. The second-order valence-electron chi connectivity index (χ2n) is 7.34. The number of nitrogens with zero attached hydrogens (tertiary/aromatic N) is 1. The molecule has 0 atom stereocenters. The molecular formula is C15H26N2O5S. The highest BCUT2D eigenvalue weighted by Gasteiger charge is 2.43. The fourth-order valence-corrected chi connectivity index (χ4v) is 3.08. The molecule has 132 valence electrons. The van der Waals surface area contributed by atoms with E-state index < -0.39 is 26.5 Å². The third-order valence-corrected chi connectivity index (χ3v) is 7.01. The van der Waals surface area contributed by atoms with Gasteiger partial charge in [0, 0.05) is 24.9 Å². The highest BCUT2D eigenvalue weighted by molar-refractivity contribution is 7.92. The first-order valence-electron chi connectivity index (χ1n) is 7.97. The van der Waals surface area contributed by atoms with Crippen LogP contribution in [0.1, 0.15) is 39.5 Å². The first-order valence-corrected chi connectivity index (χ1v) is 9.86. The second kappa shape index (κ2) is 6.39. The number of sulfone groups is 1. The number of rotatable bonds is 8. The molecule has 7 nitrogen and oxygen atoms in total. The van der Waals surface area contributed by atoms with E-state index in [-0.39, 0.29) is 18.6 Å². The molecular weight excluding hydrogens is 320 g/mol. The minimum absolute atomic E-state index is 0.0245. The number of hydrogen-bond acceptors (Lipinski definition) is 5. The Bertz CT molecular complexity index is 577. The average molecular weight is 346 g/mol. The van der Waals surface area contributed by atoms with Crippen LogP contribution in [0, 0.1) is 5.92 Å². The van der Waals surface area contributed by atoms with Crippen molar-refractivity contribution in [3.8, 4) is 0 Å². The standard InChI is InChI=1S/C15H26N2O5S/c1-15(2,23(3,21)22)14(20)16-11-6-12(7-11)17(9-13(18)19)8-10-4-5-10/h10-12H,4-9H2,1-3H3,(H,16,20)(H,18,19). The molecule has 0 aliphatic heterocycles. The van der Waals surface area contributed by atoms with E-state index in [1.807, 2.05) is 4.90 Å². The van der Waals surface area contributed by atoms with Crippen LogP contribution in [0.25, 0.3) is 0 Å². The third-order valence-electron chi connectivity index (χ3n) is 4.97. The van der Waals surface area contributed by atoms with Gasteiger partial charge < -0.3 is 10.4 Å². The number of nitrogens with one attached hydrogen (secondary N) is 1. The summed E-state index contributed by atoms with van der Waals surface area (Å²) < 4.78 is 21.9. The first-order chi connectivity index (χ1) is 10.5. The molecule has 0 aromatic heterocycles. The van der Waals surface area contributed by atoms with Crippen molar-refractivity contribution in [1.29, 1.82) is 0 Å². The minimum Gasteiger partial charge on any atom is -0.480 e. The van der Waals surface area contributed by atoms with Gasteiger partial charge in [0.2, 0.25) is 5.91 Å². The van der Waals surface area contributed by atoms with Crippen molar-refractivity contribution in [3.05, 3.63) is 0 Å².